The number of carbonyl (C=O) groups is 1. The molecule has 0 bridgehead atoms. The molecule has 0 aliphatic carbocycles. The van der Waals surface area contributed by atoms with E-state index < -0.39 is 0 Å². The molecule has 2 heterocycles. The zero-order valence-electron chi connectivity index (χ0n) is 14.4. The van der Waals surface area contributed by atoms with Crippen molar-refractivity contribution in [2.24, 2.45) is 0 Å². The van der Waals surface area contributed by atoms with E-state index in [1.54, 1.807) is 4.52 Å². The largest absolute Gasteiger partial charge is 0.319 e. The zero-order chi connectivity index (χ0) is 17.3. The number of nitrogens with zero attached hydrogens (tertiary/aromatic N) is 4. The molecule has 0 fully saturated rings. The highest BCUT2D eigenvalue weighted by molar-refractivity contribution is 6.01. The molecular formula is C18H21N5O. The second-order valence-electron chi connectivity index (χ2n) is 6.07. The van der Waals surface area contributed by atoms with Gasteiger partial charge in [-0.1, -0.05) is 26.0 Å². The first kappa shape index (κ1) is 16.1. The highest BCUT2D eigenvalue weighted by Gasteiger charge is 2.15. The first-order valence-electron chi connectivity index (χ1n) is 8.10. The Morgan fingerprint density at radius 2 is 1.92 bits per heavy atom. The van der Waals surface area contributed by atoms with Gasteiger partial charge >= 0.3 is 0 Å². The van der Waals surface area contributed by atoms with E-state index in [2.05, 4.69) is 34.2 Å². The Balaban J connectivity index is 1.81. The summed E-state index contributed by atoms with van der Waals surface area (Å²) in [5, 5.41) is 7.07. The Hall–Kier alpha value is -2.76. The van der Waals surface area contributed by atoms with Crippen molar-refractivity contribution in [2.75, 3.05) is 5.32 Å². The minimum Gasteiger partial charge on any atom is -0.319 e. The van der Waals surface area contributed by atoms with E-state index in [1.807, 2.05) is 44.2 Å². The number of anilines is 1. The first-order chi connectivity index (χ1) is 11.5. The maximum absolute atomic E-state index is 12.4. The molecule has 2 aromatic heterocycles. The quantitative estimate of drug-likeness (QED) is 0.797. The second kappa shape index (κ2) is 6.39. The van der Waals surface area contributed by atoms with E-state index in [1.165, 1.54) is 5.56 Å². The molecule has 0 radical (unpaired) electrons. The minimum atomic E-state index is -0.339. The number of carbonyl (C=O) groups excluding carboxylic acids is 1. The van der Waals surface area contributed by atoms with Crippen LogP contribution in [0, 0.1) is 13.8 Å². The summed E-state index contributed by atoms with van der Waals surface area (Å²) in [6, 6.07) is 9.79. The van der Waals surface area contributed by atoms with Crippen molar-refractivity contribution in [1.82, 2.24) is 19.6 Å². The monoisotopic (exact) mass is 323 g/mol. The van der Waals surface area contributed by atoms with E-state index in [4.69, 9.17) is 0 Å². The van der Waals surface area contributed by atoms with Crippen molar-refractivity contribution < 1.29 is 4.79 Å². The van der Waals surface area contributed by atoms with E-state index in [9.17, 15) is 4.79 Å². The SMILES string of the molecule is CCC(C)c1ccc(NC(=O)c2nc3nc(C)cc(C)n3n2)cc1. The number of benzene rings is 1. The van der Waals surface area contributed by atoms with Crippen molar-refractivity contribution >= 4 is 17.4 Å². The number of fused-ring (bicyclic) bond motifs is 1. The number of rotatable bonds is 4. The maximum atomic E-state index is 12.4. The summed E-state index contributed by atoms with van der Waals surface area (Å²) in [5.41, 5.74) is 3.73. The Morgan fingerprint density at radius 1 is 1.21 bits per heavy atom. The topological polar surface area (TPSA) is 72.2 Å². The van der Waals surface area contributed by atoms with Crippen molar-refractivity contribution in [3.05, 3.63) is 53.1 Å². The lowest BCUT2D eigenvalue weighted by Gasteiger charge is -2.09. The van der Waals surface area contributed by atoms with Crippen molar-refractivity contribution in [3.63, 3.8) is 0 Å². The molecule has 0 saturated carbocycles. The number of aromatic nitrogens is 4. The van der Waals surface area contributed by atoms with E-state index in [-0.39, 0.29) is 11.7 Å². The summed E-state index contributed by atoms with van der Waals surface area (Å²) in [6.07, 6.45) is 1.09. The number of aryl methyl sites for hydroxylation is 2. The lowest BCUT2D eigenvalue weighted by atomic mass is 9.99. The average molecular weight is 323 g/mol. The Kier molecular flexibility index (Phi) is 4.29. The fourth-order valence-electron chi connectivity index (χ4n) is 2.58. The van der Waals surface area contributed by atoms with Gasteiger partial charge in [0.25, 0.3) is 11.7 Å². The molecule has 1 N–H and O–H groups in total. The molecule has 3 aromatic rings. The van der Waals surface area contributed by atoms with Crippen LogP contribution in [-0.4, -0.2) is 25.5 Å². The van der Waals surface area contributed by atoms with Crippen LogP contribution in [0.4, 0.5) is 5.69 Å². The summed E-state index contributed by atoms with van der Waals surface area (Å²) >= 11 is 0. The molecule has 1 atom stereocenters. The molecule has 3 rings (SSSR count). The summed E-state index contributed by atoms with van der Waals surface area (Å²) in [4.78, 5) is 20.9. The predicted molar refractivity (Wildman–Crippen MR) is 93.4 cm³/mol. The number of amides is 1. The third-order valence-corrected chi connectivity index (χ3v) is 4.17. The van der Waals surface area contributed by atoms with Crippen LogP contribution < -0.4 is 5.32 Å². The summed E-state index contributed by atoms with van der Waals surface area (Å²) in [7, 11) is 0. The maximum Gasteiger partial charge on any atom is 0.295 e. The Bertz CT molecular complexity index is 882. The van der Waals surface area contributed by atoms with Gasteiger partial charge in [-0.3, -0.25) is 4.79 Å². The summed E-state index contributed by atoms with van der Waals surface area (Å²) in [6.45, 7) is 8.14. The van der Waals surface area contributed by atoms with Crippen LogP contribution in [0.15, 0.2) is 30.3 Å². The van der Waals surface area contributed by atoms with Gasteiger partial charge in [-0.25, -0.2) is 9.50 Å². The van der Waals surface area contributed by atoms with E-state index >= 15 is 0 Å². The Labute approximate surface area is 141 Å². The lowest BCUT2D eigenvalue weighted by molar-refractivity contribution is 0.101. The number of hydrogen-bond donors (Lipinski definition) is 1. The third-order valence-electron chi connectivity index (χ3n) is 4.17. The molecule has 0 spiro atoms. The zero-order valence-corrected chi connectivity index (χ0v) is 14.4. The van der Waals surface area contributed by atoms with Gasteiger partial charge in [0.1, 0.15) is 0 Å². The van der Waals surface area contributed by atoms with Gasteiger partial charge in [0.2, 0.25) is 5.82 Å². The summed E-state index contributed by atoms with van der Waals surface area (Å²) < 4.78 is 1.58. The molecule has 6 heteroatoms. The van der Waals surface area contributed by atoms with Crippen molar-refractivity contribution in [1.29, 1.82) is 0 Å². The van der Waals surface area contributed by atoms with Crippen LogP contribution in [0.25, 0.3) is 5.78 Å². The lowest BCUT2D eigenvalue weighted by Crippen LogP contribution is -2.14. The standard InChI is InChI=1S/C18H21N5O/c1-5-11(2)14-6-8-15(9-7-14)20-17(24)16-21-18-19-12(3)10-13(4)23(18)22-16/h6-11H,5H2,1-4H3,(H,20,24). The van der Waals surface area contributed by atoms with E-state index in [0.717, 1.165) is 23.5 Å². The fraction of sp³-hybridized carbons (Fsp3) is 0.333. The van der Waals surface area contributed by atoms with Crippen molar-refractivity contribution in [2.45, 2.75) is 40.0 Å². The second-order valence-corrected chi connectivity index (χ2v) is 6.07. The van der Waals surface area contributed by atoms with Crippen molar-refractivity contribution in [3.8, 4) is 0 Å². The normalized spacial score (nSPS) is 12.3. The predicted octanol–water partition coefficient (Wildman–Crippen LogP) is 3.51. The van der Waals surface area contributed by atoms with Gasteiger partial charge in [-0.15, -0.1) is 5.10 Å². The van der Waals surface area contributed by atoms with Crippen LogP contribution >= 0.6 is 0 Å². The highest BCUT2D eigenvalue weighted by Crippen LogP contribution is 2.20. The smallest absolute Gasteiger partial charge is 0.295 e. The molecule has 1 amide bonds. The fourth-order valence-corrected chi connectivity index (χ4v) is 2.58. The molecule has 124 valence electrons. The average Bonchev–Trinajstić information content (AvgIpc) is 2.99. The van der Waals surface area contributed by atoms with Gasteiger partial charge in [0, 0.05) is 17.1 Å². The first-order valence-corrected chi connectivity index (χ1v) is 8.10. The van der Waals surface area contributed by atoms with Crippen LogP contribution in [-0.2, 0) is 0 Å². The van der Waals surface area contributed by atoms with Crippen LogP contribution in [0.5, 0.6) is 0 Å². The van der Waals surface area contributed by atoms with Crippen LogP contribution in [0.3, 0.4) is 0 Å². The molecular weight excluding hydrogens is 302 g/mol. The Morgan fingerprint density at radius 3 is 2.58 bits per heavy atom. The van der Waals surface area contributed by atoms with Gasteiger partial charge in [0.15, 0.2) is 0 Å². The van der Waals surface area contributed by atoms with Gasteiger partial charge in [-0.2, -0.15) is 4.98 Å². The summed E-state index contributed by atoms with van der Waals surface area (Å²) in [5.74, 6) is 0.716. The molecule has 0 aliphatic rings. The molecule has 24 heavy (non-hydrogen) atoms. The molecule has 6 nitrogen and oxygen atoms in total. The van der Waals surface area contributed by atoms with E-state index in [0.29, 0.717) is 11.7 Å². The van der Waals surface area contributed by atoms with Crippen LogP contribution in [0.1, 0.15) is 53.8 Å². The molecule has 1 aromatic carbocycles. The molecule has 1 unspecified atom stereocenters. The van der Waals surface area contributed by atoms with Crippen LogP contribution in [0.2, 0.25) is 0 Å². The number of hydrogen-bond acceptors (Lipinski definition) is 4. The highest BCUT2D eigenvalue weighted by atomic mass is 16.2. The third kappa shape index (κ3) is 3.13. The van der Waals surface area contributed by atoms with Gasteiger partial charge < -0.3 is 5.32 Å². The molecule has 0 aliphatic heterocycles. The minimum absolute atomic E-state index is 0.113. The number of nitrogens with one attached hydrogen (secondary N) is 1. The van der Waals surface area contributed by atoms with Gasteiger partial charge in [-0.05, 0) is 49.9 Å². The molecule has 0 saturated heterocycles. The van der Waals surface area contributed by atoms with Gasteiger partial charge in [0.05, 0.1) is 0 Å².